The topological polar surface area (TPSA) is 80.9 Å². The zero-order chi connectivity index (χ0) is 17.9. The molecule has 7 nitrogen and oxygen atoms in total. The summed E-state index contributed by atoms with van der Waals surface area (Å²) in [6.07, 6.45) is 0. The summed E-state index contributed by atoms with van der Waals surface area (Å²) < 4.78 is 16.4. The third-order valence-electron chi connectivity index (χ3n) is 4.60. The van der Waals surface area contributed by atoms with Crippen molar-refractivity contribution in [3.8, 4) is 17.2 Å². The standard InChI is InChI=1S/C19H21N3O4/c1-24-14-5-3-13(4-6-14)21-19(23)15-11-20-22-18(15)12-2-7-16-17(10-12)26-9-8-25-16/h2-7,10,15,18,20,22H,8-9,11H2,1H3,(H,21,23). The van der Waals surface area contributed by atoms with Crippen molar-refractivity contribution < 1.29 is 19.0 Å². The van der Waals surface area contributed by atoms with Crippen molar-refractivity contribution in [3.63, 3.8) is 0 Å². The minimum Gasteiger partial charge on any atom is -0.497 e. The molecule has 0 radical (unpaired) electrons. The van der Waals surface area contributed by atoms with E-state index in [-0.39, 0.29) is 17.9 Å². The molecule has 136 valence electrons. The third kappa shape index (κ3) is 3.31. The minimum absolute atomic E-state index is 0.0486. The van der Waals surface area contributed by atoms with Crippen molar-refractivity contribution in [2.24, 2.45) is 5.92 Å². The van der Waals surface area contributed by atoms with Gasteiger partial charge in [0.2, 0.25) is 5.91 Å². The number of nitrogens with one attached hydrogen (secondary N) is 3. The van der Waals surface area contributed by atoms with Gasteiger partial charge in [-0.3, -0.25) is 10.2 Å². The molecule has 0 aromatic heterocycles. The molecule has 3 N–H and O–H groups in total. The fourth-order valence-electron chi connectivity index (χ4n) is 3.22. The number of hydrazine groups is 1. The zero-order valence-electron chi connectivity index (χ0n) is 14.5. The maximum atomic E-state index is 12.8. The average molecular weight is 355 g/mol. The summed E-state index contributed by atoms with van der Waals surface area (Å²) in [6, 6.07) is 12.9. The van der Waals surface area contributed by atoms with Crippen molar-refractivity contribution >= 4 is 11.6 Å². The van der Waals surface area contributed by atoms with Crippen molar-refractivity contribution in [2.75, 3.05) is 32.2 Å². The van der Waals surface area contributed by atoms with E-state index in [4.69, 9.17) is 14.2 Å². The number of carbonyl (C=O) groups is 1. The highest BCUT2D eigenvalue weighted by Crippen LogP contribution is 2.35. The van der Waals surface area contributed by atoms with E-state index >= 15 is 0 Å². The summed E-state index contributed by atoms with van der Waals surface area (Å²) in [7, 11) is 1.61. The molecule has 0 aliphatic carbocycles. The minimum atomic E-state index is -0.250. The smallest absolute Gasteiger partial charge is 0.230 e. The first-order valence-electron chi connectivity index (χ1n) is 8.57. The maximum Gasteiger partial charge on any atom is 0.230 e. The molecule has 7 heteroatoms. The van der Waals surface area contributed by atoms with Gasteiger partial charge in [0.05, 0.1) is 19.1 Å². The zero-order valence-corrected chi connectivity index (χ0v) is 14.5. The van der Waals surface area contributed by atoms with Crippen LogP contribution in [0.5, 0.6) is 17.2 Å². The fraction of sp³-hybridized carbons (Fsp3) is 0.316. The fourth-order valence-corrected chi connectivity index (χ4v) is 3.22. The van der Waals surface area contributed by atoms with Crippen LogP contribution in [0.15, 0.2) is 42.5 Å². The first-order chi connectivity index (χ1) is 12.7. The molecule has 1 saturated heterocycles. The molecule has 26 heavy (non-hydrogen) atoms. The molecular weight excluding hydrogens is 334 g/mol. The van der Waals surface area contributed by atoms with Gasteiger partial charge in [0.25, 0.3) is 0 Å². The molecule has 2 aromatic rings. The second-order valence-electron chi connectivity index (χ2n) is 6.23. The van der Waals surface area contributed by atoms with E-state index in [0.29, 0.717) is 19.8 Å². The van der Waals surface area contributed by atoms with Gasteiger partial charge in [-0.15, -0.1) is 0 Å². The van der Waals surface area contributed by atoms with Gasteiger partial charge >= 0.3 is 0 Å². The van der Waals surface area contributed by atoms with E-state index in [1.165, 1.54) is 0 Å². The second-order valence-corrected chi connectivity index (χ2v) is 6.23. The quantitative estimate of drug-likeness (QED) is 0.777. The Balaban J connectivity index is 1.49. The Kier molecular flexibility index (Phi) is 4.64. The predicted molar refractivity (Wildman–Crippen MR) is 96.4 cm³/mol. The van der Waals surface area contributed by atoms with Crippen molar-refractivity contribution in [1.82, 2.24) is 10.9 Å². The lowest BCUT2D eigenvalue weighted by Crippen LogP contribution is -2.29. The number of hydrogen-bond acceptors (Lipinski definition) is 6. The van der Waals surface area contributed by atoms with Crippen LogP contribution in [0, 0.1) is 5.92 Å². The first-order valence-corrected chi connectivity index (χ1v) is 8.57. The van der Waals surface area contributed by atoms with Crippen LogP contribution in [0.2, 0.25) is 0 Å². The molecule has 2 unspecified atom stereocenters. The Labute approximate surface area is 151 Å². The molecule has 2 atom stereocenters. The van der Waals surface area contributed by atoms with Gasteiger partial charge in [-0.1, -0.05) is 6.07 Å². The van der Waals surface area contributed by atoms with Crippen molar-refractivity contribution in [1.29, 1.82) is 0 Å². The van der Waals surface area contributed by atoms with Gasteiger partial charge in [-0.25, -0.2) is 5.43 Å². The van der Waals surface area contributed by atoms with E-state index in [1.54, 1.807) is 7.11 Å². The number of hydrogen-bond donors (Lipinski definition) is 3. The SMILES string of the molecule is COc1ccc(NC(=O)C2CNNC2c2ccc3c(c2)OCCO3)cc1. The van der Waals surface area contributed by atoms with E-state index in [2.05, 4.69) is 16.2 Å². The van der Waals surface area contributed by atoms with E-state index in [9.17, 15) is 4.79 Å². The Bertz CT molecular complexity index is 794. The van der Waals surface area contributed by atoms with E-state index in [1.807, 2.05) is 42.5 Å². The van der Waals surface area contributed by atoms with E-state index in [0.717, 1.165) is 28.5 Å². The normalized spacial score (nSPS) is 21.3. The van der Waals surface area contributed by atoms with Crippen LogP contribution in [-0.4, -0.2) is 32.8 Å². The summed E-state index contributed by atoms with van der Waals surface area (Å²) in [5.41, 5.74) is 7.99. The Morgan fingerprint density at radius 2 is 1.88 bits per heavy atom. The first kappa shape index (κ1) is 16.7. The molecule has 1 fully saturated rings. The van der Waals surface area contributed by atoms with Gasteiger partial charge in [-0.05, 0) is 42.0 Å². The molecule has 0 bridgehead atoms. The van der Waals surface area contributed by atoms with Crippen LogP contribution in [0.4, 0.5) is 5.69 Å². The Hall–Kier alpha value is -2.77. The van der Waals surface area contributed by atoms with Crippen molar-refractivity contribution in [2.45, 2.75) is 6.04 Å². The number of ether oxygens (including phenoxy) is 3. The summed E-state index contributed by atoms with van der Waals surface area (Å²) in [5, 5.41) is 2.97. The summed E-state index contributed by atoms with van der Waals surface area (Å²) in [5.74, 6) is 1.91. The lowest BCUT2D eigenvalue weighted by Gasteiger charge is -2.22. The number of rotatable bonds is 4. The van der Waals surface area contributed by atoms with Crippen LogP contribution in [0.25, 0.3) is 0 Å². The highest BCUT2D eigenvalue weighted by Gasteiger charge is 2.34. The number of benzene rings is 2. The number of anilines is 1. The highest BCUT2D eigenvalue weighted by molar-refractivity contribution is 5.93. The maximum absolute atomic E-state index is 12.8. The van der Waals surface area contributed by atoms with Crippen LogP contribution in [0.1, 0.15) is 11.6 Å². The molecule has 0 spiro atoms. The predicted octanol–water partition coefficient (Wildman–Crippen LogP) is 1.87. The summed E-state index contributed by atoms with van der Waals surface area (Å²) in [4.78, 5) is 12.8. The van der Waals surface area contributed by atoms with Crippen LogP contribution < -0.4 is 30.4 Å². The Morgan fingerprint density at radius 3 is 2.65 bits per heavy atom. The van der Waals surface area contributed by atoms with E-state index < -0.39 is 0 Å². The molecule has 2 aromatic carbocycles. The lowest BCUT2D eigenvalue weighted by molar-refractivity contribution is -0.119. The molecular formula is C19H21N3O4. The molecule has 2 aliphatic heterocycles. The summed E-state index contributed by atoms with van der Waals surface area (Å²) >= 11 is 0. The highest BCUT2D eigenvalue weighted by atomic mass is 16.6. The number of amides is 1. The van der Waals surface area contributed by atoms with Crippen LogP contribution in [-0.2, 0) is 4.79 Å². The molecule has 0 saturated carbocycles. The second kappa shape index (κ2) is 7.23. The number of carbonyl (C=O) groups excluding carboxylic acids is 1. The molecule has 4 rings (SSSR count). The monoisotopic (exact) mass is 355 g/mol. The molecule has 2 aliphatic rings. The molecule has 1 amide bonds. The third-order valence-corrected chi connectivity index (χ3v) is 4.60. The number of methoxy groups -OCH3 is 1. The van der Waals surface area contributed by atoms with Crippen molar-refractivity contribution in [3.05, 3.63) is 48.0 Å². The summed E-state index contributed by atoms with van der Waals surface area (Å²) in [6.45, 7) is 1.64. The van der Waals surface area contributed by atoms with Gasteiger partial charge in [0.1, 0.15) is 19.0 Å². The molecule has 2 heterocycles. The van der Waals surface area contributed by atoms with Crippen LogP contribution in [0.3, 0.4) is 0 Å². The van der Waals surface area contributed by atoms with Gasteiger partial charge in [0, 0.05) is 12.2 Å². The largest absolute Gasteiger partial charge is 0.497 e. The lowest BCUT2D eigenvalue weighted by atomic mass is 9.93. The average Bonchev–Trinajstić information content (AvgIpc) is 3.18. The Morgan fingerprint density at radius 1 is 1.12 bits per heavy atom. The number of fused-ring (bicyclic) bond motifs is 1. The van der Waals surface area contributed by atoms with Crippen LogP contribution >= 0.6 is 0 Å². The van der Waals surface area contributed by atoms with Gasteiger partial charge in [0.15, 0.2) is 11.5 Å². The van der Waals surface area contributed by atoms with Gasteiger partial charge in [-0.2, -0.15) is 0 Å². The van der Waals surface area contributed by atoms with Gasteiger partial charge < -0.3 is 19.5 Å².